The van der Waals surface area contributed by atoms with Crippen LogP contribution in [0.25, 0.3) is 5.69 Å². The molecule has 0 spiro atoms. The van der Waals surface area contributed by atoms with Gasteiger partial charge in [0.25, 0.3) is 0 Å². The molecule has 0 aliphatic rings. The molecule has 0 radical (unpaired) electrons. The highest BCUT2D eigenvalue weighted by atomic mass is 19.1. The van der Waals surface area contributed by atoms with E-state index in [-0.39, 0.29) is 11.9 Å². The number of aryl methyl sites for hydroxylation is 1. The highest BCUT2D eigenvalue weighted by Gasteiger charge is 2.17. The normalized spacial score (nSPS) is 12.8. The summed E-state index contributed by atoms with van der Waals surface area (Å²) in [7, 11) is 0. The minimum atomic E-state index is -0.283. The number of benzene rings is 1. The van der Waals surface area contributed by atoms with E-state index < -0.39 is 0 Å². The molecular weight excluding hydrogens is 217 g/mol. The lowest BCUT2D eigenvalue weighted by Crippen LogP contribution is -2.08. The summed E-state index contributed by atoms with van der Waals surface area (Å²) in [6.45, 7) is 5.71. The minimum Gasteiger partial charge on any atom is -0.324 e. The highest BCUT2D eigenvalue weighted by molar-refractivity contribution is 5.39. The second-order valence-electron chi connectivity index (χ2n) is 4.24. The van der Waals surface area contributed by atoms with E-state index in [0.29, 0.717) is 5.69 Å². The summed E-state index contributed by atoms with van der Waals surface area (Å²) < 4.78 is 15.3. The predicted molar refractivity (Wildman–Crippen MR) is 65.6 cm³/mol. The van der Waals surface area contributed by atoms with Gasteiger partial charge in [-0.25, -0.2) is 9.07 Å². The summed E-state index contributed by atoms with van der Waals surface area (Å²) in [5.41, 5.74) is 9.08. The quantitative estimate of drug-likeness (QED) is 0.866. The molecule has 0 saturated carbocycles. The van der Waals surface area contributed by atoms with Gasteiger partial charge in [-0.15, -0.1) is 0 Å². The SMILES string of the molecule is Cc1nn(-c2ccccc2F)c(C)c1C(C)N. The summed E-state index contributed by atoms with van der Waals surface area (Å²) in [5, 5.41) is 4.36. The molecule has 0 aliphatic heterocycles. The van der Waals surface area contributed by atoms with Crippen molar-refractivity contribution < 1.29 is 4.39 Å². The first kappa shape index (κ1) is 11.8. The first-order valence-electron chi connectivity index (χ1n) is 5.59. The first-order valence-corrected chi connectivity index (χ1v) is 5.59. The van der Waals surface area contributed by atoms with Gasteiger partial charge in [0.2, 0.25) is 0 Å². The Morgan fingerprint density at radius 3 is 2.47 bits per heavy atom. The number of hydrogen-bond acceptors (Lipinski definition) is 2. The van der Waals surface area contributed by atoms with Crippen molar-refractivity contribution in [3.63, 3.8) is 0 Å². The number of para-hydroxylation sites is 1. The number of aromatic nitrogens is 2. The molecular formula is C13H16FN3. The van der Waals surface area contributed by atoms with Crippen LogP contribution >= 0.6 is 0 Å². The Labute approximate surface area is 100 Å². The van der Waals surface area contributed by atoms with Crippen LogP contribution in [0.4, 0.5) is 4.39 Å². The number of nitrogens with zero attached hydrogens (tertiary/aromatic N) is 2. The van der Waals surface area contributed by atoms with Crippen molar-refractivity contribution in [1.29, 1.82) is 0 Å². The maximum atomic E-state index is 13.7. The number of halogens is 1. The van der Waals surface area contributed by atoms with Crippen molar-refractivity contribution in [2.45, 2.75) is 26.8 Å². The molecule has 0 fully saturated rings. The van der Waals surface area contributed by atoms with Crippen molar-refractivity contribution in [2.75, 3.05) is 0 Å². The Morgan fingerprint density at radius 1 is 1.29 bits per heavy atom. The molecule has 1 aromatic heterocycles. The highest BCUT2D eigenvalue weighted by Crippen LogP contribution is 2.23. The van der Waals surface area contributed by atoms with Crippen LogP contribution in [0.2, 0.25) is 0 Å². The molecule has 1 unspecified atom stereocenters. The van der Waals surface area contributed by atoms with Crippen LogP contribution in [0.15, 0.2) is 24.3 Å². The third-order valence-corrected chi connectivity index (χ3v) is 2.88. The molecule has 0 saturated heterocycles. The largest absolute Gasteiger partial charge is 0.324 e. The lowest BCUT2D eigenvalue weighted by molar-refractivity contribution is 0.607. The fourth-order valence-electron chi connectivity index (χ4n) is 2.17. The zero-order valence-electron chi connectivity index (χ0n) is 10.2. The van der Waals surface area contributed by atoms with Gasteiger partial charge in [-0.05, 0) is 32.9 Å². The Morgan fingerprint density at radius 2 is 1.94 bits per heavy atom. The van der Waals surface area contributed by atoms with Crippen molar-refractivity contribution >= 4 is 0 Å². The predicted octanol–water partition coefficient (Wildman–Crippen LogP) is 2.65. The van der Waals surface area contributed by atoms with Crippen LogP contribution in [0, 0.1) is 19.7 Å². The fourth-order valence-corrected chi connectivity index (χ4v) is 2.17. The van der Waals surface area contributed by atoms with Crippen LogP contribution in [0.5, 0.6) is 0 Å². The average Bonchev–Trinajstić information content (AvgIpc) is 2.55. The fraction of sp³-hybridized carbons (Fsp3) is 0.308. The molecule has 17 heavy (non-hydrogen) atoms. The van der Waals surface area contributed by atoms with Crippen molar-refractivity contribution in [3.8, 4) is 5.69 Å². The van der Waals surface area contributed by atoms with Gasteiger partial charge in [0.1, 0.15) is 11.5 Å². The Hall–Kier alpha value is -1.68. The van der Waals surface area contributed by atoms with E-state index in [1.54, 1.807) is 22.9 Å². The molecule has 1 aromatic carbocycles. The van der Waals surface area contributed by atoms with E-state index in [1.807, 2.05) is 20.8 Å². The van der Waals surface area contributed by atoms with E-state index in [1.165, 1.54) is 6.07 Å². The average molecular weight is 233 g/mol. The second-order valence-corrected chi connectivity index (χ2v) is 4.24. The van der Waals surface area contributed by atoms with Crippen molar-refractivity contribution in [2.24, 2.45) is 5.73 Å². The van der Waals surface area contributed by atoms with Gasteiger partial charge >= 0.3 is 0 Å². The molecule has 4 heteroatoms. The summed E-state index contributed by atoms with van der Waals surface area (Å²) in [5.74, 6) is -0.283. The summed E-state index contributed by atoms with van der Waals surface area (Å²) in [6, 6.07) is 6.49. The molecule has 90 valence electrons. The van der Waals surface area contributed by atoms with Crippen LogP contribution in [-0.4, -0.2) is 9.78 Å². The monoisotopic (exact) mass is 233 g/mol. The maximum Gasteiger partial charge on any atom is 0.148 e. The van der Waals surface area contributed by atoms with Gasteiger partial charge < -0.3 is 5.73 Å². The minimum absolute atomic E-state index is 0.101. The molecule has 2 aromatic rings. The van der Waals surface area contributed by atoms with Crippen LogP contribution in [0.3, 0.4) is 0 Å². The van der Waals surface area contributed by atoms with Crippen molar-refractivity contribution in [3.05, 3.63) is 47.0 Å². The Bertz CT molecular complexity index is 544. The standard InChI is InChI=1S/C13H16FN3/c1-8(15)13-9(2)16-17(10(13)3)12-7-5-4-6-11(12)14/h4-8H,15H2,1-3H3. The van der Waals surface area contributed by atoms with Gasteiger partial charge in [-0.2, -0.15) is 5.10 Å². The van der Waals surface area contributed by atoms with Gasteiger partial charge in [0.05, 0.1) is 5.69 Å². The Kier molecular flexibility index (Phi) is 2.98. The number of nitrogens with two attached hydrogens (primary N) is 1. The topological polar surface area (TPSA) is 43.8 Å². The van der Waals surface area contributed by atoms with Gasteiger partial charge in [-0.3, -0.25) is 0 Å². The summed E-state index contributed by atoms with van der Waals surface area (Å²) in [6.07, 6.45) is 0. The second kappa shape index (κ2) is 4.30. The molecule has 1 atom stereocenters. The van der Waals surface area contributed by atoms with Crippen molar-refractivity contribution in [1.82, 2.24) is 9.78 Å². The summed E-state index contributed by atoms with van der Waals surface area (Å²) >= 11 is 0. The molecule has 3 nitrogen and oxygen atoms in total. The van der Waals surface area contributed by atoms with Crippen LogP contribution < -0.4 is 5.73 Å². The van der Waals surface area contributed by atoms with Gasteiger partial charge in [-0.1, -0.05) is 12.1 Å². The first-order chi connectivity index (χ1) is 8.02. The van der Waals surface area contributed by atoms with E-state index in [2.05, 4.69) is 5.10 Å². The molecule has 2 rings (SSSR count). The molecule has 1 heterocycles. The van der Waals surface area contributed by atoms with Crippen LogP contribution in [-0.2, 0) is 0 Å². The molecule has 0 amide bonds. The molecule has 0 bridgehead atoms. The van der Waals surface area contributed by atoms with Gasteiger partial charge in [0.15, 0.2) is 0 Å². The summed E-state index contributed by atoms with van der Waals surface area (Å²) in [4.78, 5) is 0. The van der Waals surface area contributed by atoms with Gasteiger partial charge in [0, 0.05) is 17.3 Å². The van der Waals surface area contributed by atoms with E-state index in [9.17, 15) is 4.39 Å². The number of hydrogen-bond donors (Lipinski definition) is 1. The van der Waals surface area contributed by atoms with Crippen LogP contribution in [0.1, 0.15) is 29.9 Å². The zero-order valence-corrected chi connectivity index (χ0v) is 10.2. The zero-order chi connectivity index (χ0) is 12.6. The van der Waals surface area contributed by atoms with E-state index in [4.69, 9.17) is 5.73 Å². The van der Waals surface area contributed by atoms with E-state index >= 15 is 0 Å². The lowest BCUT2D eigenvalue weighted by atomic mass is 10.1. The third-order valence-electron chi connectivity index (χ3n) is 2.88. The number of rotatable bonds is 2. The lowest BCUT2D eigenvalue weighted by Gasteiger charge is -2.08. The molecule has 0 aliphatic carbocycles. The Balaban J connectivity index is 2.62. The van der Waals surface area contributed by atoms with E-state index in [0.717, 1.165) is 17.0 Å². The third kappa shape index (κ3) is 1.96. The smallest absolute Gasteiger partial charge is 0.148 e. The maximum absolute atomic E-state index is 13.7. The molecule has 2 N–H and O–H groups in total.